The smallest absolute Gasteiger partial charge is 0.349 e. The molecule has 0 bridgehead atoms. The number of hydrogen-bond donors (Lipinski definition) is 2. The van der Waals surface area contributed by atoms with Gasteiger partial charge in [0, 0.05) is 9.26 Å². The second kappa shape index (κ2) is 11.6. The van der Waals surface area contributed by atoms with Crippen molar-refractivity contribution in [3.8, 4) is 0 Å². The molecule has 3 aromatic rings. The fourth-order valence-electron chi connectivity index (χ4n) is 3.15. The second-order valence-electron chi connectivity index (χ2n) is 7.73. The monoisotopic (exact) mass is 587 g/mol. The Morgan fingerprint density at radius 2 is 1.26 bits per heavy atom. The van der Waals surface area contributed by atoms with Crippen LogP contribution in [0.3, 0.4) is 0 Å². The number of anilines is 1. The molecule has 0 saturated heterocycles. The van der Waals surface area contributed by atoms with Gasteiger partial charge < -0.3 is 19.9 Å². The van der Waals surface area contributed by atoms with Crippen molar-refractivity contribution in [2.45, 2.75) is 26.1 Å². The summed E-state index contributed by atoms with van der Waals surface area (Å²) in [5, 5.41) is 12.3. The first-order valence-corrected chi connectivity index (χ1v) is 11.6. The molecule has 2 N–H and O–H groups in total. The average Bonchev–Trinajstić information content (AvgIpc) is 2.82. The lowest BCUT2D eigenvalue weighted by atomic mass is 10.1. The molecule has 0 aliphatic carbocycles. The topological polar surface area (TPSA) is 119 Å². The molecule has 0 fully saturated rings. The molecule has 8 nitrogen and oxygen atoms in total. The van der Waals surface area contributed by atoms with Gasteiger partial charge >= 0.3 is 17.9 Å². The molecular weight excluding hydrogens is 565 g/mol. The molecule has 0 radical (unpaired) electrons. The first-order valence-electron chi connectivity index (χ1n) is 10.5. The van der Waals surface area contributed by atoms with Gasteiger partial charge in [-0.25, -0.2) is 14.4 Å². The van der Waals surface area contributed by atoms with Gasteiger partial charge in [0.2, 0.25) is 12.2 Å². The quantitative estimate of drug-likeness (QED) is 0.297. The van der Waals surface area contributed by atoms with Gasteiger partial charge in [-0.2, -0.15) is 0 Å². The minimum absolute atomic E-state index is 0.0954. The van der Waals surface area contributed by atoms with Gasteiger partial charge in [-0.3, -0.25) is 4.79 Å². The number of benzene rings is 3. The van der Waals surface area contributed by atoms with Crippen molar-refractivity contribution in [2.24, 2.45) is 0 Å². The van der Waals surface area contributed by atoms with Crippen molar-refractivity contribution < 1.29 is 33.8 Å². The third-order valence-corrected chi connectivity index (χ3v) is 5.58. The maximum atomic E-state index is 13.1. The number of ether oxygens (including phenoxy) is 2. The van der Waals surface area contributed by atoms with Gasteiger partial charge in [0.1, 0.15) is 0 Å². The van der Waals surface area contributed by atoms with E-state index in [1.165, 1.54) is 24.3 Å². The van der Waals surface area contributed by atoms with Crippen LogP contribution < -0.4 is 5.32 Å². The van der Waals surface area contributed by atoms with E-state index in [0.29, 0.717) is 5.69 Å². The standard InChI is InChI=1S/C26H22INO7/c1-15-5-3-7-17(13-15)25(32)34-21(23(29)28-20-11-9-19(27)10-12-20)22(24(30)31)35-26(33)18-8-4-6-16(2)14-18/h3-14,21-22H,1-2H3,(H,28,29)(H,30,31)/t21-,22+/m0/s1. The molecule has 0 unspecified atom stereocenters. The molecule has 0 spiro atoms. The summed E-state index contributed by atoms with van der Waals surface area (Å²) >= 11 is 2.09. The molecule has 9 heteroatoms. The molecule has 0 saturated carbocycles. The van der Waals surface area contributed by atoms with Gasteiger partial charge in [-0.15, -0.1) is 0 Å². The van der Waals surface area contributed by atoms with Crippen molar-refractivity contribution in [1.82, 2.24) is 0 Å². The molecule has 0 heterocycles. The summed E-state index contributed by atoms with van der Waals surface area (Å²) in [4.78, 5) is 50.7. The lowest BCUT2D eigenvalue weighted by Gasteiger charge is -2.23. The van der Waals surface area contributed by atoms with Crippen LogP contribution in [0.25, 0.3) is 0 Å². The Hall–Kier alpha value is -3.73. The largest absolute Gasteiger partial charge is 0.478 e. The highest BCUT2D eigenvalue weighted by molar-refractivity contribution is 14.1. The number of aliphatic carboxylic acids is 1. The zero-order valence-electron chi connectivity index (χ0n) is 18.9. The fourth-order valence-corrected chi connectivity index (χ4v) is 3.51. The highest BCUT2D eigenvalue weighted by atomic mass is 127. The van der Waals surface area contributed by atoms with Crippen LogP contribution in [0.4, 0.5) is 5.69 Å². The summed E-state index contributed by atoms with van der Waals surface area (Å²) in [5.74, 6) is -4.52. The van der Waals surface area contributed by atoms with Crippen LogP contribution in [0.15, 0.2) is 72.8 Å². The van der Waals surface area contributed by atoms with Crippen LogP contribution in [0.1, 0.15) is 31.8 Å². The van der Waals surface area contributed by atoms with E-state index in [4.69, 9.17) is 9.47 Å². The number of carboxylic acids is 1. The number of carbonyl (C=O) groups excluding carboxylic acids is 3. The van der Waals surface area contributed by atoms with Crippen LogP contribution in [0.2, 0.25) is 0 Å². The van der Waals surface area contributed by atoms with E-state index in [9.17, 15) is 24.3 Å². The molecule has 0 aliphatic rings. The van der Waals surface area contributed by atoms with E-state index in [1.54, 1.807) is 62.4 Å². The van der Waals surface area contributed by atoms with Gasteiger partial charge in [0.05, 0.1) is 11.1 Å². The first kappa shape index (κ1) is 25.9. The summed E-state index contributed by atoms with van der Waals surface area (Å²) in [6.07, 6.45) is -4.06. The normalized spacial score (nSPS) is 12.2. The van der Waals surface area contributed by atoms with Crippen LogP contribution in [0, 0.1) is 17.4 Å². The molecule has 180 valence electrons. The second-order valence-corrected chi connectivity index (χ2v) is 8.97. The first-order chi connectivity index (χ1) is 16.6. The van der Waals surface area contributed by atoms with E-state index in [-0.39, 0.29) is 11.1 Å². The van der Waals surface area contributed by atoms with E-state index in [1.807, 2.05) is 0 Å². The Balaban J connectivity index is 1.91. The SMILES string of the molecule is Cc1cccc(C(=O)O[C@H](C(=O)Nc2ccc(I)cc2)[C@@H](OC(=O)c2cccc(C)c2)C(=O)O)c1. The number of amides is 1. The number of nitrogens with one attached hydrogen (secondary N) is 1. The molecule has 0 aromatic heterocycles. The van der Waals surface area contributed by atoms with Crippen molar-refractivity contribution in [2.75, 3.05) is 5.32 Å². The fraction of sp³-hybridized carbons (Fsp3) is 0.154. The average molecular weight is 587 g/mol. The lowest BCUT2D eigenvalue weighted by molar-refractivity contribution is -0.157. The van der Waals surface area contributed by atoms with Gasteiger partial charge in [0.25, 0.3) is 5.91 Å². The molecule has 35 heavy (non-hydrogen) atoms. The van der Waals surface area contributed by atoms with Gasteiger partial charge in [-0.1, -0.05) is 35.4 Å². The van der Waals surface area contributed by atoms with E-state index in [2.05, 4.69) is 27.9 Å². The van der Waals surface area contributed by atoms with Crippen LogP contribution in [0.5, 0.6) is 0 Å². The highest BCUT2D eigenvalue weighted by Gasteiger charge is 2.41. The summed E-state index contributed by atoms with van der Waals surface area (Å²) in [6.45, 7) is 3.52. The molecule has 3 aromatic carbocycles. The minimum Gasteiger partial charge on any atom is -0.478 e. The Morgan fingerprint density at radius 3 is 1.71 bits per heavy atom. The third kappa shape index (κ3) is 7.12. The van der Waals surface area contributed by atoms with Crippen molar-refractivity contribution >= 4 is 52.1 Å². The Morgan fingerprint density at radius 1 is 0.771 bits per heavy atom. The van der Waals surface area contributed by atoms with Crippen LogP contribution in [-0.4, -0.2) is 41.1 Å². The molecule has 3 rings (SSSR count). The maximum Gasteiger partial charge on any atom is 0.349 e. The van der Waals surface area contributed by atoms with E-state index in [0.717, 1.165) is 14.7 Å². The number of rotatable bonds is 8. The number of hydrogen-bond acceptors (Lipinski definition) is 6. The summed E-state index contributed by atoms with van der Waals surface area (Å²) in [5.41, 5.74) is 2.08. The zero-order valence-corrected chi connectivity index (χ0v) is 21.0. The molecular formula is C26H22INO7. The van der Waals surface area contributed by atoms with E-state index < -0.39 is 36.0 Å². The van der Waals surface area contributed by atoms with E-state index >= 15 is 0 Å². The zero-order chi connectivity index (χ0) is 25.5. The summed E-state index contributed by atoms with van der Waals surface area (Å²) < 4.78 is 11.4. The molecule has 2 atom stereocenters. The summed E-state index contributed by atoms with van der Waals surface area (Å²) in [6, 6.07) is 19.4. The Kier molecular flexibility index (Phi) is 8.58. The number of carboxylic acid groups (broad SMARTS) is 1. The lowest BCUT2D eigenvalue weighted by Crippen LogP contribution is -2.48. The van der Waals surface area contributed by atoms with Crippen LogP contribution >= 0.6 is 22.6 Å². The number of halogens is 1. The number of carbonyl (C=O) groups is 4. The Labute approximate surface area is 215 Å². The summed E-state index contributed by atoms with van der Waals surface area (Å²) in [7, 11) is 0. The van der Waals surface area contributed by atoms with Crippen molar-refractivity contribution in [1.29, 1.82) is 0 Å². The van der Waals surface area contributed by atoms with Crippen molar-refractivity contribution in [3.63, 3.8) is 0 Å². The number of esters is 2. The van der Waals surface area contributed by atoms with Gasteiger partial charge in [-0.05, 0) is 85.0 Å². The third-order valence-electron chi connectivity index (χ3n) is 4.86. The molecule has 0 aliphatic heterocycles. The number of aryl methyl sites for hydroxylation is 2. The Bertz CT molecular complexity index is 1260. The highest BCUT2D eigenvalue weighted by Crippen LogP contribution is 2.18. The predicted octanol–water partition coefficient (Wildman–Crippen LogP) is 4.38. The van der Waals surface area contributed by atoms with Crippen molar-refractivity contribution in [3.05, 3.63) is 98.6 Å². The predicted molar refractivity (Wildman–Crippen MR) is 136 cm³/mol. The van der Waals surface area contributed by atoms with Crippen LogP contribution in [-0.2, 0) is 19.1 Å². The minimum atomic E-state index is -2.10. The van der Waals surface area contributed by atoms with Gasteiger partial charge in [0.15, 0.2) is 0 Å². The molecule has 1 amide bonds. The maximum absolute atomic E-state index is 13.1.